The number of benzene rings is 3. The summed E-state index contributed by atoms with van der Waals surface area (Å²) < 4.78 is 14.7. The Balaban J connectivity index is 1.59. The van der Waals surface area contributed by atoms with Crippen LogP contribution in [-0.2, 0) is 12.8 Å². The van der Waals surface area contributed by atoms with Gasteiger partial charge in [-0.3, -0.25) is 9.89 Å². The number of nitrogens with zero attached hydrogens (tertiary/aromatic N) is 2. The lowest BCUT2D eigenvalue weighted by Crippen LogP contribution is -2.18. The van der Waals surface area contributed by atoms with Crippen molar-refractivity contribution in [3.63, 3.8) is 0 Å². The van der Waals surface area contributed by atoms with Crippen LogP contribution in [0.15, 0.2) is 77.6 Å². The lowest BCUT2D eigenvalue weighted by atomic mass is 10.0. The van der Waals surface area contributed by atoms with Crippen molar-refractivity contribution in [1.82, 2.24) is 19.7 Å². The van der Waals surface area contributed by atoms with E-state index in [4.69, 9.17) is 11.6 Å². The zero-order valence-corrected chi connectivity index (χ0v) is 17.2. The topological polar surface area (TPSA) is 66.5 Å². The van der Waals surface area contributed by atoms with Crippen molar-refractivity contribution >= 4 is 22.6 Å². The molecule has 2 heterocycles. The van der Waals surface area contributed by atoms with Gasteiger partial charge in [-0.25, -0.2) is 9.37 Å². The lowest BCUT2D eigenvalue weighted by Gasteiger charge is -2.04. The number of halogens is 2. The van der Waals surface area contributed by atoms with Crippen LogP contribution in [0.25, 0.3) is 28.2 Å². The second-order valence-corrected chi connectivity index (χ2v) is 7.75. The van der Waals surface area contributed by atoms with E-state index in [1.807, 2.05) is 36.4 Å². The number of hydrogen-bond donors (Lipinski definition) is 2. The van der Waals surface area contributed by atoms with E-state index >= 15 is 0 Å². The first-order valence-corrected chi connectivity index (χ1v) is 10.3. The molecule has 5 aromatic rings. The molecule has 0 aliphatic rings. The van der Waals surface area contributed by atoms with Crippen LogP contribution >= 0.6 is 11.6 Å². The molecule has 0 amide bonds. The van der Waals surface area contributed by atoms with Crippen molar-refractivity contribution in [2.24, 2.45) is 0 Å². The summed E-state index contributed by atoms with van der Waals surface area (Å²) in [4.78, 5) is 21.1. The number of rotatable bonds is 5. The van der Waals surface area contributed by atoms with Crippen molar-refractivity contribution in [1.29, 1.82) is 0 Å². The first-order valence-electron chi connectivity index (χ1n) is 9.88. The molecule has 5 nitrogen and oxygen atoms in total. The van der Waals surface area contributed by atoms with Gasteiger partial charge in [0.25, 0.3) is 5.56 Å². The number of nitrogens with one attached hydrogen (secondary N) is 2. The maximum atomic E-state index is 13.4. The van der Waals surface area contributed by atoms with Gasteiger partial charge < -0.3 is 4.98 Å². The molecule has 154 valence electrons. The first kappa shape index (κ1) is 19.3. The van der Waals surface area contributed by atoms with Crippen molar-refractivity contribution in [3.8, 4) is 17.2 Å². The molecule has 5 rings (SSSR count). The number of H-pyrrole nitrogens is 2. The highest BCUT2D eigenvalue weighted by Gasteiger charge is 2.18. The summed E-state index contributed by atoms with van der Waals surface area (Å²) in [5, 5.41) is 3.84. The van der Waals surface area contributed by atoms with E-state index in [0.717, 1.165) is 22.2 Å². The van der Waals surface area contributed by atoms with Crippen LogP contribution in [0.5, 0.6) is 0 Å². The molecular weight excluding hydrogens is 415 g/mol. The monoisotopic (exact) mass is 432 g/mol. The third kappa shape index (κ3) is 3.78. The maximum absolute atomic E-state index is 13.4. The fourth-order valence-electron chi connectivity index (χ4n) is 3.67. The summed E-state index contributed by atoms with van der Waals surface area (Å²) in [5.74, 6) is 0.147. The Hall–Kier alpha value is -3.64. The van der Waals surface area contributed by atoms with Gasteiger partial charge in [-0.1, -0.05) is 48.0 Å². The Morgan fingerprint density at radius 2 is 1.68 bits per heavy atom. The second-order valence-electron chi connectivity index (χ2n) is 7.32. The largest absolute Gasteiger partial charge is 0.322 e. The van der Waals surface area contributed by atoms with Crippen molar-refractivity contribution < 1.29 is 4.39 Å². The summed E-state index contributed by atoms with van der Waals surface area (Å²) in [7, 11) is 0. The molecule has 7 heteroatoms. The molecule has 0 unspecified atom stereocenters. The molecule has 0 bridgehead atoms. The van der Waals surface area contributed by atoms with Gasteiger partial charge in [-0.15, -0.1) is 0 Å². The Bertz CT molecular complexity index is 1380. The van der Waals surface area contributed by atoms with E-state index in [2.05, 4.69) is 15.1 Å². The molecular formula is C24H18ClFN4O. The normalized spacial score (nSPS) is 11.3. The lowest BCUT2D eigenvalue weighted by molar-refractivity contribution is 0.627. The first-order chi connectivity index (χ1) is 15.1. The fraction of sp³-hybridized carbons (Fsp3) is 0.0833. The summed E-state index contributed by atoms with van der Waals surface area (Å²) in [5.41, 5.74) is 4.60. The van der Waals surface area contributed by atoms with E-state index in [1.165, 1.54) is 16.8 Å². The van der Waals surface area contributed by atoms with E-state index in [9.17, 15) is 9.18 Å². The van der Waals surface area contributed by atoms with Gasteiger partial charge in [0.2, 0.25) is 5.95 Å². The van der Waals surface area contributed by atoms with Gasteiger partial charge in [0, 0.05) is 10.6 Å². The standard InChI is InChI=1S/C24H18ClFN4O/c25-17-10-8-16(9-11-17)22-19(14-7-15-5-12-18(26)13-6-15)23(31)30(29-22)24-27-20-3-1-2-4-21(20)28-24/h1-6,8-13,29H,7,14H2,(H,27,28). The summed E-state index contributed by atoms with van der Waals surface area (Å²) in [6.45, 7) is 0. The van der Waals surface area contributed by atoms with E-state index in [-0.39, 0.29) is 11.4 Å². The molecule has 0 aliphatic heterocycles. The summed E-state index contributed by atoms with van der Waals surface area (Å²) in [6.07, 6.45) is 1.10. The predicted molar refractivity (Wildman–Crippen MR) is 120 cm³/mol. The van der Waals surface area contributed by atoms with Crippen LogP contribution in [0.3, 0.4) is 0 Å². The van der Waals surface area contributed by atoms with Crippen molar-refractivity contribution in [3.05, 3.63) is 105 Å². The number of aryl methyl sites for hydroxylation is 1. The van der Waals surface area contributed by atoms with Gasteiger partial charge >= 0.3 is 0 Å². The molecule has 0 atom stereocenters. The Morgan fingerprint density at radius 3 is 2.42 bits per heavy atom. The highest BCUT2D eigenvalue weighted by atomic mass is 35.5. The van der Waals surface area contributed by atoms with Gasteiger partial charge in [0.05, 0.1) is 16.7 Å². The van der Waals surface area contributed by atoms with E-state index in [0.29, 0.717) is 35.1 Å². The molecule has 0 radical (unpaired) electrons. The van der Waals surface area contributed by atoms with Gasteiger partial charge in [-0.05, 0) is 60.4 Å². The number of fused-ring (bicyclic) bond motifs is 1. The third-order valence-corrected chi connectivity index (χ3v) is 5.54. The molecule has 2 N–H and O–H groups in total. The van der Waals surface area contributed by atoms with Crippen LogP contribution < -0.4 is 5.56 Å². The molecule has 31 heavy (non-hydrogen) atoms. The Kier molecular flexibility index (Phi) is 4.92. The van der Waals surface area contributed by atoms with Gasteiger partial charge in [-0.2, -0.15) is 4.68 Å². The third-order valence-electron chi connectivity index (χ3n) is 5.29. The van der Waals surface area contributed by atoms with Crippen molar-refractivity contribution in [2.75, 3.05) is 0 Å². The zero-order valence-electron chi connectivity index (χ0n) is 16.4. The molecule has 3 aromatic carbocycles. The minimum absolute atomic E-state index is 0.175. The number of para-hydroxylation sites is 2. The SMILES string of the molecule is O=c1c(CCc2ccc(F)cc2)c(-c2ccc(Cl)cc2)[nH]n1-c1nc2ccccc2[nH]1. The fourth-order valence-corrected chi connectivity index (χ4v) is 3.80. The molecule has 0 fully saturated rings. The van der Waals surface area contributed by atoms with E-state index < -0.39 is 0 Å². The average molecular weight is 433 g/mol. The van der Waals surface area contributed by atoms with E-state index in [1.54, 1.807) is 24.3 Å². The highest BCUT2D eigenvalue weighted by molar-refractivity contribution is 6.30. The highest BCUT2D eigenvalue weighted by Crippen LogP contribution is 2.24. The van der Waals surface area contributed by atoms with Gasteiger partial charge in [0.15, 0.2) is 0 Å². The predicted octanol–water partition coefficient (Wildman–Crippen LogP) is 5.29. The minimum atomic E-state index is -0.278. The summed E-state index contributed by atoms with van der Waals surface area (Å²) in [6, 6.07) is 21.3. The second kappa shape index (κ2) is 7.89. The molecule has 2 aromatic heterocycles. The van der Waals surface area contributed by atoms with Crippen LogP contribution in [-0.4, -0.2) is 19.7 Å². The smallest absolute Gasteiger partial charge is 0.277 e. The molecule has 0 aliphatic carbocycles. The average Bonchev–Trinajstić information content (AvgIpc) is 3.35. The quantitative estimate of drug-likeness (QED) is 0.396. The van der Waals surface area contributed by atoms with Crippen LogP contribution in [0.2, 0.25) is 5.02 Å². The molecule has 0 saturated carbocycles. The Morgan fingerprint density at radius 1 is 0.935 bits per heavy atom. The Labute approximate surface area is 182 Å². The van der Waals surface area contributed by atoms with Crippen molar-refractivity contribution in [2.45, 2.75) is 12.8 Å². The number of hydrogen-bond acceptors (Lipinski definition) is 2. The van der Waals surface area contributed by atoms with Crippen LogP contribution in [0.4, 0.5) is 4.39 Å². The van der Waals surface area contributed by atoms with Crippen LogP contribution in [0.1, 0.15) is 11.1 Å². The molecule has 0 spiro atoms. The number of aromatic nitrogens is 4. The minimum Gasteiger partial charge on any atom is -0.322 e. The molecule has 0 saturated heterocycles. The van der Waals surface area contributed by atoms with Crippen LogP contribution in [0, 0.1) is 5.82 Å². The number of aromatic amines is 2. The van der Waals surface area contributed by atoms with Gasteiger partial charge in [0.1, 0.15) is 5.82 Å². The number of imidazole rings is 1. The maximum Gasteiger partial charge on any atom is 0.277 e. The summed E-state index contributed by atoms with van der Waals surface area (Å²) >= 11 is 6.05. The zero-order chi connectivity index (χ0) is 21.4.